The molecule has 0 atom stereocenters. The van der Waals surface area contributed by atoms with Gasteiger partial charge in [-0.1, -0.05) is 35.3 Å². The summed E-state index contributed by atoms with van der Waals surface area (Å²) in [6, 6.07) is 12.7. The number of hydrogen-bond acceptors (Lipinski definition) is 3. The highest BCUT2D eigenvalue weighted by atomic mass is 35.5. The molecule has 158 valence electrons. The highest BCUT2D eigenvalue weighted by Gasteiger charge is 2.26. The van der Waals surface area contributed by atoms with Crippen LogP contribution in [0.2, 0.25) is 10.0 Å². The van der Waals surface area contributed by atoms with Gasteiger partial charge in [0.2, 0.25) is 0 Å². The Bertz CT molecular complexity index is 938. The number of halogens is 2. The maximum Gasteiger partial charge on any atom is 0.253 e. The highest BCUT2D eigenvalue weighted by molar-refractivity contribution is 6.36. The standard InChI is InChI=1S/C23H25Cl2N3O2/c24-16-7-8-18(20(25)13-16)23(30)27-17-9-11-28(12-10-17)21-4-2-1-3-19(21)22(29)26-14-15-5-6-15/h1-4,7-8,13,15,17H,5-6,9-12,14H2,(H,26,29)(H,27,30). The van der Waals surface area contributed by atoms with Gasteiger partial charge >= 0.3 is 0 Å². The third-order valence-electron chi connectivity index (χ3n) is 5.74. The van der Waals surface area contributed by atoms with E-state index in [-0.39, 0.29) is 17.9 Å². The lowest BCUT2D eigenvalue weighted by molar-refractivity contribution is 0.0929. The number of nitrogens with one attached hydrogen (secondary N) is 2. The van der Waals surface area contributed by atoms with E-state index in [9.17, 15) is 9.59 Å². The van der Waals surface area contributed by atoms with Crippen LogP contribution in [0.5, 0.6) is 0 Å². The summed E-state index contributed by atoms with van der Waals surface area (Å²) in [5, 5.41) is 6.99. The van der Waals surface area contributed by atoms with Crippen molar-refractivity contribution in [3.8, 4) is 0 Å². The topological polar surface area (TPSA) is 61.4 Å². The second kappa shape index (κ2) is 9.27. The molecule has 0 radical (unpaired) electrons. The monoisotopic (exact) mass is 445 g/mol. The fraction of sp³-hybridized carbons (Fsp3) is 0.391. The summed E-state index contributed by atoms with van der Waals surface area (Å²) < 4.78 is 0. The number of para-hydroxylation sites is 1. The summed E-state index contributed by atoms with van der Waals surface area (Å²) in [5.74, 6) is 0.454. The Kier molecular flexibility index (Phi) is 6.49. The Hall–Kier alpha value is -2.24. The zero-order chi connectivity index (χ0) is 21.1. The number of benzene rings is 2. The van der Waals surface area contributed by atoms with Crippen molar-refractivity contribution >= 4 is 40.7 Å². The van der Waals surface area contributed by atoms with E-state index in [0.29, 0.717) is 27.1 Å². The van der Waals surface area contributed by atoms with Gasteiger partial charge < -0.3 is 15.5 Å². The molecule has 1 aliphatic heterocycles. The van der Waals surface area contributed by atoms with Gasteiger partial charge in [0.1, 0.15) is 0 Å². The van der Waals surface area contributed by atoms with Crippen molar-refractivity contribution in [3.63, 3.8) is 0 Å². The molecule has 7 heteroatoms. The number of carbonyl (C=O) groups excluding carboxylic acids is 2. The fourth-order valence-electron chi connectivity index (χ4n) is 3.80. The summed E-state index contributed by atoms with van der Waals surface area (Å²) in [6.45, 7) is 2.30. The van der Waals surface area contributed by atoms with Crippen molar-refractivity contribution in [2.24, 2.45) is 5.92 Å². The maximum absolute atomic E-state index is 12.6. The summed E-state index contributed by atoms with van der Waals surface area (Å²) in [6.07, 6.45) is 4.02. The van der Waals surface area contributed by atoms with Crippen LogP contribution in [-0.4, -0.2) is 37.5 Å². The van der Waals surface area contributed by atoms with Crippen molar-refractivity contribution in [3.05, 3.63) is 63.6 Å². The molecule has 0 bridgehead atoms. The van der Waals surface area contributed by atoms with Crippen LogP contribution < -0.4 is 15.5 Å². The van der Waals surface area contributed by atoms with Gasteiger partial charge in [0.05, 0.1) is 16.1 Å². The third-order valence-corrected chi connectivity index (χ3v) is 6.29. The second-order valence-electron chi connectivity index (χ2n) is 8.03. The summed E-state index contributed by atoms with van der Waals surface area (Å²) in [4.78, 5) is 27.4. The first kappa shape index (κ1) is 21.0. The van der Waals surface area contributed by atoms with Gasteiger partial charge in [-0.15, -0.1) is 0 Å². The van der Waals surface area contributed by atoms with Crippen LogP contribution in [0.3, 0.4) is 0 Å². The molecular formula is C23H25Cl2N3O2. The lowest BCUT2D eigenvalue weighted by Gasteiger charge is -2.35. The summed E-state index contributed by atoms with van der Waals surface area (Å²) >= 11 is 12.1. The molecule has 0 aromatic heterocycles. The molecule has 2 N–H and O–H groups in total. The van der Waals surface area contributed by atoms with Gasteiger partial charge in [0.25, 0.3) is 11.8 Å². The van der Waals surface area contributed by atoms with E-state index in [4.69, 9.17) is 23.2 Å². The largest absolute Gasteiger partial charge is 0.371 e. The molecule has 5 nitrogen and oxygen atoms in total. The van der Waals surface area contributed by atoms with Crippen LogP contribution >= 0.6 is 23.2 Å². The predicted molar refractivity (Wildman–Crippen MR) is 121 cm³/mol. The molecule has 4 rings (SSSR count). The number of amides is 2. The zero-order valence-electron chi connectivity index (χ0n) is 16.7. The fourth-order valence-corrected chi connectivity index (χ4v) is 4.29. The molecule has 1 saturated heterocycles. The van der Waals surface area contributed by atoms with Crippen LogP contribution in [0.25, 0.3) is 0 Å². The van der Waals surface area contributed by atoms with Crippen LogP contribution in [0.1, 0.15) is 46.4 Å². The van der Waals surface area contributed by atoms with Crippen molar-refractivity contribution in [1.29, 1.82) is 0 Å². The normalized spacial score (nSPS) is 16.9. The lowest BCUT2D eigenvalue weighted by atomic mass is 10.0. The number of rotatable bonds is 6. The molecule has 1 saturated carbocycles. The van der Waals surface area contributed by atoms with E-state index in [1.807, 2.05) is 24.3 Å². The lowest BCUT2D eigenvalue weighted by Crippen LogP contribution is -2.45. The van der Waals surface area contributed by atoms with Gasteiger partial charge in [-0.05, 0) is 61.9 Å². The summed E-state index contributed by atoms with van der Waals surface area (Å²) in [7, 11) is 0. The minimum Gasteiger partial charge on any atom is -0.371 e. The smallest absolute Gasteiger partial charge is 0.253 e. The first-order valence-electron chi connectivity index (χ1n) is 10.4. The van der Waals surface area contributed by atoms with Crippen molar-refractivity contribution in [2.45, 2.75) is 31.7 Å². The quantitative estimate of drug-likeness (QED) is 0.686. The summed E-state index contributed by atoms with van der Waals surface area (Å²) in [5.41, 5.74) is 2.10. The minimum atomic E-state index is -0.185. The maximum atomic E-state index is 12.6. The molecule has 2 aliphatic rings. The number of nitrogens with zero attached hydrogens (tertiary/aromatic N) is 1. The molecule has 1 aliphatic carbocycles. The molecule has 2 aromatic rings. The predicted octanol–water partition coefficient (Wildman–Crippen LogP) is 4.53. The van der Waals surface area contributed by atoms with Gasteiger partial charge in [-0.2, -0.15) is 0 Å². The van der Waals surface area contributed by atoms with Gasteiger partial charge in [-0.3, -0.25) is 9.59 Å². The van der Waals surface area contributed by atoms with Gasteiger partial charge in [0.15, 0.2) is 0 Å². The average molecular weight is 446 g/mol. The molecule has 1 heterocycles. The minimum absolute atomic E-state index is 0.00898. The van der Waals surface area contributed by atoms with Crippen LogP contribution in [0.15, 0.2) is 42.5 Å². The van der Waals surface area contributed by atoms with Crippen LogP contribution in [0, 0.1) is 5.92 Å². The Morgan fingerprint density at radius 3 is 2.37 bits per heavy atom. The van der Waals surface area contributed by atoms with Gasteiger partial charge in [0, 0.05) is 36.4 Å². The molecule has 30 heavy (non-hydrogen) atoms. The van der Waals surface area contributed by atoms with Crippen molar-refractivity contribution in [2.75, 3.05) is 24.5 Å². The van der Waals surface area contributed by atoms with Crippen molar-refractivity contribution < 1.29 is 9.59 Å². The number of carbonyl (C=O) groups is 2. The van der Waals surface area contributed by atoms with E-state index in [1.54, 1.807) is 18.2 Å². The number of anilines is 1. The Morgan fingerprint density at radius 2 is 1.67 bits per heavy atom. The molecule has 0 unspecified atom stereocenters. The molecule has 2 amide bonds. The first-order chi connectivity index (χ1) is 14.5. The number of piperidine rings is 1. The number of hydrogen-bond donors (Lipinski definition) is 2. The molecule has 2 aromatic carbocycles. The van der Waals surface area contributed by atoms with Crippen LogP contribution in [0.4, 0.5) is 5.69 Å². The van der Waals surface area contributed by atoms with E-state index < -0.39 is 0 Å². The Morgan fingerprint density at radius 1 is 0.933 bits per heavy atom. The van der Waals surface area contributed by atoms with Crippen LogP contribution in [-0.2, 0) is 0 Å². The van der Waals surface area contributed by atoms with E-state index in [0.717, 1.165) is 38.2 Å². The van der Waals surface area contributed by atoms with E-state index in [1.165, 1.54) is 12.8 Å². The average Bonchev–Trinajstić information content (AvgIpc) is 3.57. The van der Waals surface area contributed by atoms with E-state index >= 15 is 0 Å². The third kappa shape index (κ3) is 5.08. The highest BCUT2D eigenvalue weighted by Crippen LogP contribution is 2.29. The Balaban J connectivity index is 1.35. The van der Waals surface area contributed by atoms with Gasteiger partial charge in [-0.25, -0.2) is 0 Å². The molecular weight excluding hydrogens is 421 g/mol. The van der Waals surface area contributed by atoms with E-state index in [2.05, 4.69) is 15.5 Å². The molecule has 0 spiro atoms. The zero-order valence-corrected chi connectivity index (χ0v) is 18.2. The Labute approximate surface area is 186 Å². The second-order valence-corrected chi connectivity index (χ2v) is 8.87. The SMILES string of the molecule is O=C(NC1CCN(c2ccccc2C(=O)NCC2CC2)CC1)c1ccc(Cl)cc1Cl. The van der Waals surface area contributed by atoms with Crippen molar-refractivity contribution in [1.82, 2.24) is 10.6 Å². The molecule has 2 fully saturated rings. The first-order valence-corrected chi connectivity index (χ1v) is 11.1.